The largest absolute Gasteiger partial charge is 0.497 e. The molecule has 0 amide bonds. The summed E-state index contributed by atoms with van der Waals surface area (Å²) < 4.78 is 5.68. The summed E-state index contributed by atoms with van der Waals surface area (Å²) in [5.41, 5.74) is 0. The van der Waals surface area contributed by atoms with Crippen molar-refractivity contribution >= 4 is 11.3 Å². The van der Waals surface area contributed by atoms with Crippen molar-refractivity contribution < 1.29 is 4.74 Å². The monoisotopic (exact) mass is 223 g/mol. The zero-order valence-corrected chi connectivity index (χ0v) is 9.85. The van der Waals surface area contributed by atoms with E-state index >= 15 is 0 Å². The first-order valence-electron chi connectivity index (χ1n) is 5.42. The molecule has 1 aromatic heterocycles. The fourth-order valence-electron chi connectivity index (χ4n) is 1.79. The molecule has 0 saturated heterocycles. The van der Waals surface area contributed by atoms with Crippen molar-refractivity contribution in [3.8, 4) is 0 Å². The first kappa shape index (κ1) is 10.7. The smallest absolute Gasteiger partial charge is 0.109 e. The number of hydrogen-bond donors (Lipinski definition) is 1. The van der Waals surface area contributed by atoms with Crippen molar-refractivity contribution in [1.82, 2.24) is 5.32 Å². The van der Waals surface area contributed by atoms with Gasteiger partial charge in [0.2, 0.25) is 0 Å². The van der Waals surface area contributed by atoms with Gasteiger partial charge in [-0.2, -0.15) is 0 Å². The van der Waals surface area contributed by atoms with Gasteiger partial charge in [0.05, 0.1) is 12.6 Å². The Kier molecular flexibility index (Phi) is 3.80. The van der Waals surface area contributed by atoms with E-state index in [4.69, 9.17) is 4.74 Å². The third-order valence-corrected chi connectivity index (χ3v) is 3.54. The Hall–Kier alpha value is -0.800. The summed E-state index contributed by atoms with van der Waals surface area (Å²) in [4.78, 5) is 1.41. The van der Waals surface area contributed by atoms with E-state index in [1.54, 1.807) is 0 Å². The molecule has 0 aliphatic carbocycles. The summed E-state index contributed by atoms with van der Waals surface area (Å²) >= 11 is 1.81. The Morgan fingerprint density at radius 2 is 2.53 bits per heavy atom. The number of allylic oxidation sites excluding steroid dienone is 1. The zero-order valence-electron chi connectivity index (χ0n) is 9.03. The standard InChI is InChI=1S/C12H17NOS/c1-13-11(9-10-5-4-8-15-10)12-6-2-3-7-14-12/h4-6,8,11,13H,2-3,7,9H2,1H3. The molecular formula is C12H17NOS. The van der Waals surface area contributed by atoms with Gasteiger partial charge in [0.15, 0.2) is 0 Å². The summed E-state index contributed by atoms with van der Waals surface area (Å²) in [6.07, 6.45) is 5.55. The summed E-state index contributed by atoms with van der Waals surface area (Å²) in [5.74, 6) is 1.12. The van der Waals surface area contributed by atoms with Crippen LogP contribution in [0.15, 0.2) is 29.3 Å². The Morgan fingerprint density at radius 3 is 3.13 bits per heavy atom. The molecule has 1 atom stereocenters. The van der Waals surface area contributed by atoms with E-state index in [-0.39, 0.29) is 0 Å². The van der Waals surface area contributed by atoms with E-state index in [2.05, 4.69) is 28.9 Å². The molecule has 1 N–H and O–H groups in total. The lowest BCUT2D eigenvalue weighted by atomic mass is 10.1. The minimum absolute atomic E-state index is 0.337. The molecule has 82 valence electrons. The average Bonchev–Trinajstić information content (AvgIpc) is 2.80. The number of rotatable bonds is 4. The highest BCUT2D eigenvalue weighted by molar-refractivity contribution is 7.09. The van der Waals surface area contributed by atoms with Gasteiger partial charge >= 0.3 is 0 Å². The summed E-state index contributed by atoms with van der Waals surface area (Å²) in [6, 6.07) is 4.62. The topological polar surface area (TPSA) is 21.3 Å². The van der Waals surface area contributed by atoms with Crippen LogP contribution in [0.4, 0.5) is 0 Å². The predicted octanol–water partition coefficient (Wildman–Crippen LogP) is 2.57. The number of nitrogens with one attached hydrogen (secondary N) is 1. The van der Waals surface area contributed by atoms with Crippen LogP contribution < -0.4 is 5.32 Å². The van der Waals surface area contributed by atoms with Crippen molar-refractivity contribution in [2.45, 2.75) is 25.3 Å². The van der Waals surface area contributed by atoms with Crippen LogP contribution in [-0.4, -0.2) is 19.7 Å². The fourth-order valence-corrected chi connectivity index (χ4v) is 2.55. The minimum Gasteiger partial charge on any atom is -0.497 e. The number of ether oxygens (including phenoxy) is 1. The molecule has 2 nitrogen and oxygen atoms in total. The second kappa shape index (κ2) is 5.33. The Labute approximate surface area is 95.0 Å². The second-order valence-corrected chi connectivity index (χ2v) is 4.75. The van der Waals surface area contributed by atoms with Crippen LogP contribution in [0.1, 0.15) is 17.7 Å². The first-order chi connectivity index (χ1) is 7.40. The van der Waals surface area contributed by atoms with Gasteiger partial charge < -0.3 is 10.1 Å². The summed E-state index contributed by atoms with van der Waals surface area (Å²) in [6.45, 7) is 0.869. The maximum absolute atomic E-state index is 5.68. The number of thiophene rings is 1. The summed E-state index contributed by atoms with van der Waals surface area (Å²) in [5, 5.41) is 5.45. The van der Waals surface area contributed by atoms with Crippen LogP contribution in [0.3, 0.4) is 0 Å². The van der Waals surface area contributed by atoms with Gasteiger partial charge in [-0.1, -0.05) is 6.07 Å². The lowest BCUT2D eigenvalue weighted by Gasteiger charge is -2.23. The Bertz CT molecular complexity index is 318. The van der Waals surface area contributed by atoms with Gasteiger partial charge in [-0.15, -0.1) is 11.3 Å². The van der Waals surface area contributed by atoms with Gasteiger partial charge in [0.25, 0.3) is 0 Å². The van der Waals surface area contributed by atoms with E-state index in [9.17, 15) is 0 Å². The third-order valence-electron chi connectivity index (χ3n) is 2.64. The molecule has 1 aromatic rings. The highest BCUT2D eigenvalue weighted by Crippen LogP contribution is 2.19. The molecule has 1 unspecified atom stereocenters. The maximum Gasteiger partial charge on any atom is 0.109 e. The average molecular weight is 223 g/mol. The second-order valence-electron chi connectivity index (χ2n) is 3.72. The van der Waals surface area contributed by atoms with Crippen molar-refractivity contribution in [2.24, 2.45) is 0 Å². The molecule has 1 aliphatic heterocycles. The van der Waals surface area contributed by atoms with Crippen LogP contribution in [-0.2, 0) is 11.2 Å². The molecule has 0 radical (unpaired) electrons. The van der Waals surface area contributed by atoms with Crippen molar-refractivity contribution in [3.63, 3.8) is 0 Å². The van der Waals surface area contributed by atoms with Crippen molar-refractivity contribution in [1.29, 1.82) is 0 Å². The SMILES string of the molecule is CNC(Cc1cccs1)C1=CCCCO1. The van der Waals surface area contributed by atoms with Crippen LogP contribution in [0, 0.1) is 0 Å². The van der Waals surface area contributed by atoms with E-state index in [0.29, 0.717) is 6.04 Å². The molecule has 2 heterocycles. The minimum atomic E-state index is 0.337. The normalized spacial score (nSPS) is 18.1. The molecule has 0 spiro atoms. The lowest BCUT2D eigenvalue weighted by molar-refractivity contribution is 0.169. The first-order valence-corrected chi connectivity index (χ1v) is 6.30. The quantitative estimate of drug-likeness (QED) is 0.847. The van der Waals surface area contributed by atoms with E-state index in [1.807, 2.05) is 18.4 Å². The van der Waals surface area contributed by atoms with E-state index in [0.717, 1.165) is 31.6 Å². The van der Waals surface area contributed by atoms with Gasteiger partial charge in [0, 0.05) is 11.3 Å². The van der Waals surface area contributed by atoms with Gasteiger partial charge in [-0.05, 0) is 37.4 Å². The molecule has 1 aliphatic rings. The molecule has 0 saturated carbocycles. The van der Waals surface area contributed by atoms with Crippen LogP contribution in [0.5, 0.6) is 0 Å². The van der Waals surface area contributed by atoms with E-state index in [1.165, 1.54) is 4.88 Å². The molecule has 0 fully saturated rings. The third kappa shape index (κ3) is 2.83. The van der Waals surface area contributed by atoms with Crippen molar-refractivity contribution in [2.75, 3.05) is 13.7 Å². The maximum atomic E-state index is 5.68. The molecule has 0 bridgehead atoms. The highest BCUT2D eigenvalue weighted by Gasteiger charge is 2.16. The molecule has 3 heteroatoms. The van der Waals surface area contributed by atoms with Gasteiger partial charge in [-0.25, -0.2) is 0 Å². The summed E-state index contributed by atoms with van der Waals surface area (Å²) in [7, 11) is 2.00. The van der Waals surface area contributed by atoms with Crippen LogP contribution in [0.25, 0.3) is 0 Å². The molecule has 15 heavy (non-hydrogen) atoms. The Morgan fingerprint density at radius 1 is 1.60 bits per heavy atom. The van der Waals surface area contributed by atoms with E-state index < -0.39 is 0 Å². The predicted molar refractivity (Wildman–Crippen MR) is 64.1 cm³/mol. The van der Waals surface area contributed by atoms with Gasteiger partial charge in [0.1, 0.15) is 5.76 Å². The number of likely N-dealkylation sites (N-methyl/N-ethyl adjacent to an activating group) is 1. The molecular weight excluding hydrogens is 206 g/mol. The fraction of sp³-hybridized carbons (Fsp3) is 0.500. The van der Waals surface area contributed by atoms with Crippen LogP contribution in [0.2, 0.25) is 0 Å². The number of hydrogen-bond acceptors (Lipinski definition) is 3. The van der Waals surface area contributed by atoms with Crippen molar-refractivity contribution in [3.05, 3.63) is 34.2 Å². The Balaban J connectivity index is 2.00. The highest BCUT2D eigenvalue weighted by atomic mass is 32.1. The van der Waals surface area contributed by atoms with Gasteiger partial charge in [-0.3, -0.25) is 0 Å². The zero-order chi connectivity index (χ0) is 10.5. The molecule has 0 aromatic carbocycles. The lowest BCUT2D eigenvalue weighted by Crippen LogP contribution is -2.31. The van der Waals surface area contributed by atoms with Crippen LogP contribution >= 0.6 is 11.3 Å². The molecule has 2 rings (SSSR count).